The molecule has 2 nitrogen and oxygen atoms in total. The molecule has 0 spiro atoms. The molecule has 1 aromatic heterocycles. The van der Waals surface area contributed by atoms with Gasteiger partial charge in [-0.2, -0.15) is 0 Å². The van der Waals surface area contributed by atoms with Crippen molar-refractivity contribution in [3.63, 3.8) is 0 Å². The fraction of sp³-hybridized carbons (Fsp3) is 0.167. The molecule has 0 saturated heterocycles. The first kappa shape index (κ1) is 12.6. The zero-order valence-electron chi connectivity index (χ0n) is 9.06. The zero-order chi connectivity index (χ0) is 12.3. The molecular formula is C12H12ClNOS2. The van der Waals surface area contributed by atoms with E-state index in [1.54, 1.807) is 29.5 Å². The number of aryl methyl sites for hydroxylation is 1. The van der Waals surface area contributed by atoms with Crippen LogP contribution in [0.4, 0.5) is 5.69 Å². The normalized spacial score (nSPS) is 12.5. The number of thiophene rings is 1. The van der Waals surface area contributed by atoms with Crippen LogP contribution in [0.3, 0.4) is 0 Å². The molecule has 1 atom stereocenters. The van der Waals surface area contributed by atoms with Crippen molar-refractivity contribution in [1.82, 2.24) is 0 Å². The summed E-state index contributed by atoms with van der Waals surface area (Å²) in [7, 11) is -1.06. The molecule has 2 N–H and O–H groups in total. The average Bonchev–Trinajstić information content (AvgIpc) is 2.78. The molecule has 0 saturated carbocycles. The first-order chi connectivity index (χ1) is 8.16. The van der Waals surface area contributed by atoms with Gasteiger partial charge in [0.1, 0.15) is 0 Å². The number of rotatable bonds is 4. The monoisotopic (exact) mass is 285 g/mol. The summed E-state index contributed by atoms with van der Waals surface area (Å²) in [5.74, 6) is 0.590. The molecule has 1 unspecified atom stereocenters. The van der Waals surface area contributed by atoms with Crippen LogP contribution in [0.5, 0.6) is 0 Å². The Balaban J connectivity index is 2.04. The molecule has 1 aromatic carbocycles. The predicted octanol–water partition coefficient (Wildman–Crippen LogP) is 3.33. The molecular weight excluding hydrogens is 274 g/mol. The van der Waals surface area contributed by atoms with Crippen molar-refractivity contribution in [2.75, 3.05) is 11.5 Å². The second-order valence-corrected chi connectivity index (χ2v) is 6.57. The lowest BCUT2D eigenvalue weighted by Gasteiger charge is -2.05. The highest BCUT2D eigenvalue weighted by Crippen LogP contribution is 2.22. The molecule has 1 heterocycles. The van der Waals surface area contributed by atoms with E-state index in [-0.39, 0.29) is 0 Å². The van der Waals surface area contributed by atoms with Gasteiger partial charge in [-0.05, 0) is 36.1 Å². The minimum Gasteiger partial charge on any atom is -0.398 e. The number of halogens is 1. The van der Waals surface area contributed by atoms with Crippen LogP contribution < -0.4 is 5.73 Å². The number of nitrogens with two attached hydrogens (primary N) is 1. The van der Waals surface area contributed by atoms with Gasteiger partial charge in [0.15, 0.2) is 0 Å². The lowest BCUT2D eigenvalue weighted by Crippen LogP contribution is -2.03. The van der Waals surface area contributed by atoms with E-state index in [1.807, 2.05) is 17.5 Å². The summed E-state index contributed by atoms with van der Waals surface area (Å²) in [5, 5.41) is 2.59. The fourth-order valence-corrected chi connectivity index (χ4v) is 3.67. The molecule has 0 aliphatic rings. The van der Waals surface area contributed by atoms with Gasteiger partial charge >= 0.3 is 0 Å². The Morgan fingerprint density at radius 2 is 2.18 bits per heavy atom. The second-order valence-electron chi connectivity index (χ2n) is 3.56. The molecule has 2 rings (SSSR count). The Morgan fingerprint density at radius 3 is 2.82 bits per heavy atom. The minimum absolute atomic E-state index is 0.502. The van der Waals surface area contributed by atoms with Crippen molar-refractivity contribution in [3.8, 4) is 0 Å². The van der Waals surface area contributed by atoms with Crippen LogP contribution in [0, 0.1) is 0 Å². The average molecular weight is 286 g/mol. The van der Waals surface area contributed by atoms with E-state index < -0.39 is 10.8 Å². The number of hydrogen-bond acceptors (Lipinski definition) is 3. The fourth-order valence-electron chi connectivity index (χ4n) is 1.48. The highest BCUT2D eigenvalue weighted by Gasteiger charge is 2.08. The summed E-state index contributed by atoms with van der Waals surface area (Å²) in [5.41, 5.74) is 6.30. The third-order valence-electron chi connectivity index (χ3n) is 2.33. The highest BCUT2D eigenvalue weighted by atomic mass is 35.5. The van der Waals surface area contributed by atoms with Crippen molar-refractivity contribution in [2.24, 2.45) is 0 Å². The quantitative estimate of drug-likeness (QED) is 0.876. The van der Waals surface area contributed by atoms with E-state index in [9.17, 15) is 4.21 Å². The molecule has 0 radical (unpaired) electrons. The van der Waals surface area contributed by atoms with Gasteiger partial charge in [-0.3, -0.25) is 4.21 Å². The molecule has 0 aliphatic heterocycles. The van der Waals surface area contributed by atoms with Gasteiger partial charge in [0.05, 0.1) is 15.7 Å². The standard InChI is InChI=1S/C12H12ClNOS2/c13-9-3-4-12(11(14)8-9)17(15)7-5-10-2-1-6-16-10/h1-4,6,8H,5,7,14H2. The zero-order valence-corrected chi connectivity index (χ0v) is 11.4. The third-order valence-corrected chi connectivity index (χ3v) is 4.94. The van der Waals surface area contributed by atoms with E-state index >= 15 is 0 Å². The van der Waals surface area contributed by atoms with Crippen molar-refractivity contribution in [1.29, 1.82) is 0 Å². The summed E-state index contributed by atoms with van der Waals surface area (Å²) in [6.07, 6.45) is 0.812. The lowest BCUT2D eigenvalue weighted by molar-refractivity contribution is 0.683. The van der Waals surface area contributed by atoms with Gasteiger partial charge < -0.3 is 5.73 Å². The van der Waals surface area contributed by atoms with Crippen LogP contribution in [0.1, 0.15) is 4.88 Å². The van der Waals surface area contributed by atoms with Gasteiger partial charge in [-0.1, -0.05) is 17.7 Å². The van der Waals surface area contributed by atoms with Crippen LogP contribution in [-0.2, 0) is 17.2 Å². The van der Waals surface area contributed by atoms with Crippen LogP contribution in [0.2, 0.25) is 5.02 Å². The van der Waals surface area contributed by atoms with E-state index in [4.69, 9.17) is 17.3 Å². The van der Waals surface area contributed by atoms with E-state index in [2.05, 4.69) is 0 Å². The Kier molecular flexibility index (Phi) is 4.20. The van der Waals surface area contributed by atoms with Crippen molar-refractivity contribution in [3.05, 3.63) is 45.6 Å². The molecule has 0 bridgehead atoms. The summed E-state index contributed by atoms with van der Waals surface area (Å²) >= 11 is 7.48. The Bertz CT molecular complexity index is 525. The van der Waals surface area contributed by atoms with Gasteiger partial charge in [-0.15, -0.1) is 11.3 Å². The SMILES string of the molecule is Nc1cc(Cl)ccc1S(=O)CCc1cccs1. The number of benzene rings is 1. The van der Waals surface area contributed by atoms with Gasteiger partial charge in [0.2, 0.25) is 0 Å². The first-order valence-corrected chi connectivity index (χ1v) is 7.70. The Hall–Kier alpha value is -0.840. The maximum Gasteiger partial charge on any atom is 0.0618 e. The Morgan fingerprint density at radius 1 is 1.35 bits per heavy atom. The van der Waals surface area contributed by atoms with E-state index in [0.29, 0.717) is 21.4 Å². The molecule has 2 aromatic rings. The van der Waals surface area contributed by atoms with Crippen LogP contribution in [0.15, 0.2) is 40.6 Å². The van der Waals surface area contributed by atoms with Gasteiger partial charge in [0, 0.05) is 21.3 Å². The summed E-state index contributed by atoms with van der Waals surface area (Å²) < 4.78 is 12.1. The molecule has 5 heteroatoms. The third kappa shape index (κ3) is 3.31. The van der Waals surface area contributed by atoms with Crippen molar-refractivity contribution >= 4 is 39.4 Å². The largest absolute Gasteiger partial charge is 0.398 e. The van der Waals surface area contributed by atoms with Crippen molar-refractivity contribution in [2.45, 2.75) is 11.3 Å². The minimum atomic E-state index is -1.06. The maximum atomic E-state index is 12.1. The lowest BCUT2D eigenvalue weighted by atomic mass is 10.3. The predicted molar refractivity (Wildman–Crippen MR) is 75.2 cm³/mol. The molecule has 0 aliphatic carbocycles. The van der Waals surface area contributed by atoms with Crippen molar-refractivity contribution < 1.29 is 4.21 Å². The van der Waals surface area contributed by atoms with Gasteiger partial charge in [0.25, 0.3) is 0 Å². The second kappa shape index (κ2) is 5.67. The number of nitrogen functional groups attached to an aromatic ring is 1. The van der Waals surface area contributed by atoms with Crippen LogP contribution in [0.25, 0.3) is 0 Å². The number of hydrogen-bond donors (Lipinski definition) is 1. The first-order valence-electron chi connectivity index (χ1n) is 5.12. The summed E-state index contributed by atoms with van der Waals surface area (Å²) in [4.78, 5) is 1.91. The molecule has 0 amide bonds. The smallest absolute Gasteiger partial charge is 0.0618 e. The molecule has 0 fully saturated rings. The van der Waals surface area contributed by atoms with E-state index in [1.165, 1.54) is 4.88 Å². The van der Waals surface area contributed by atoms with E-state index in [0.717, 1.165) is 6.42 Å². The summed E-state index contributed by atoms with van der Waals surface area (Å²) in [6, 6.07) is 9.14. The summed E-state index contributed by atoms with van der Waals surface area (Å²) in [6.45, 7) is 0. The molecule has 90 valence electrons. The van der Waals surface area contributed by atoms with Crippen LogP contribution in [-0.4, -0.2) is 9.96 Å². The number of anilines is 1. The highest BCUT2D eigenvalue weighted by molar-refractivity contribution is 7.85. The van der Waals surface area contributed by atoms with Crippen LogP contribution >= 0.6 is 22.9 Å². The molecule has 17 heavy (non-hydrogen) atoms. The maximum absolute atomic E-state index is 12.1. The Labute approximate surface area is 112 Å². The topological polar surface area (TPSA) is 43.1 Å². The van der Waals surface area contributed by atoms with Gasteiger partial charge in [-0.25, -0.2) is 0 Å².